The third-order valence-corrected chi connectivity index (χ3v) is 5.19. The van der Waals surface area contributed by atoms with Crippen LogP contribution in [-0.2, 0) is 25.3 Å². The van der Waals surface area contributed by atoms with Gasteiger partial charge in [0.05, 0.1) is 28.8 Å². The van der Waals surface area contributed by atoms with E-state index in [1.807, 2.05) is 50.2 Å². The molecular weight excluding hydrogens is 368 g/mol. The number of carbonyl (C=O) groups excluding carboxylic acids is 1. The number of carbonyl (C=O) groups is 1. The van der Waals surface area contributed by atoms with Gasteiger partial charge in [-0.25, -0.2) is 0 Å². The molecular formula is C22H26N4O3. The second kappa shape index (κ2) is 8.34. The van der Waals surface area contributed by atoms with Gasteiger partial charge < -0.3 is 19.4 Å². The van der Waals surface area contributed by atoms with Crippen molar-refractivity contribution in [3.05, 3.63) is 68.7 Å². The Kier molecular flexibility index (Phi) is 5.87. The molecule has 0 atom stereocenters. The van der Waals surface area contributed by atoms with Gasteiger partial charge in [0, 0.05) is 27.2 Å². The first-order valence-corrected chi connectivity index (χ1v) is 9.69. The zero-order valence-corrected chi connectivity index (χ0v) is 17.2. The van der Waals surface area contributed by atoms with Crippen molar-refractivity contribution in [3.8, 4) is 0 Å². The Hall–Kier alpha value is -3.35. The van der Waals surface area contributed by atoms with Crippen LogP contribution in [0.4, 0.5) is 11.4 Å². The number of benzene rings is 2. The van der Waals surface area contributed by atoms with E-state index >= 15 is 0 Å². The Morgan fingerprint density at radius 2 is 1.48 bits per heavy atom. The molecule has 0 saturated carbocycles. The van der Waals surface area contributed by atoms with Crippen LogP contribution in [-0.4, -0.2) is 28.1 Å². The van der Waals surface area contributed by atoms with Crippen LogP contribution in [0.5, 0.6) is 0 Å². The lowest BCUT2D eigenvalue weighted by Crippen LogP contribution is -2.39. The van der Waals surface area contributed by atoms with Crippen LogP contribution < -0.4 is 21.3 Å². The molecule has 0 saturated heterocycles. The maximum atomic E-state index is 12.7. The van der Waals surface area contributed by atoms with E-state index in [-0.39, 0.29) is 12.3 Å². The van der Waals surface area contributed by atoms with E-state index in [9.17, 15) is 14.4 Å². The van der Waals surface area contributed by atoms with Crippen molar-refractivity contribution in [2.75, 3.05) is 23.3 Å². The molecule has 1 amide bonds. The minimum absolute atomic E-state index is 0.140. The summed E-state index contributed by atoms with van der Waals surface area (Å²) in [6.45, 7) is 5.54. The maximum Gasteiger partial charge on any atom is 0.316 e. The highest BCUT2D eigenvalue weighted by atomic mass is 16.2. The minimum atomic E-state index is -0.600. The van der Waals surface area contributed by atoms with Crippen LogP contribution in [0.3, 0.4) is 0 Å². The summed E-state index contributed by atoms with van der Waals surface area (Å²) in [5.74, 6) is -0.140. The molecule has 0 aliphatic carbocycles. The van der Waals surface area contributed by atoms with Gasteiger partial charge >= 0.3 is 11.1 Å². The molecule has 7 nitrogen and oxygen atoms in total. The highest BCUT2D eigenvalue weighted by molar-refractivity contribution is 5.99. The number of fused-ring (bicyclic) bond motifs is 1. The summed E-state index contributed by atoms with van der Waals surface area (Å²) in [5, 5.41) is 3.00. The van der Waals surface area contributed by atoms with Crippen molar-refractivity contribution < 1.29 is 4.79 Å². The normalized spacial score (nSPS) is 10.9. The predicted octanol–water partition coefficient (Wildman–Crippen LogP) is 2.26. The summed E-state index contributed by atoms with van der Waals surface area (Å²) in [4.78, 5) is 39.3. The number of aromatic nitrogens is 2. The van der Waals surface area contributed by atoms with Crippen LogP contribution in [0.1, 0.15) is 19.4 Å². The standard InChI is InChI=1S/C22H26N4O3/c1-5-26(6-2)17-14-19-18(24(3)21(28)22(29)25(19)4)13-16(17)23-20(27)12-15-10-8-7-9-11-15/h7-11,13-14H,5-6,12H2,1-4H3,(H,23,27). The third kappa shape index (κ3) is 3.94. The molecule has 3 rings (SSSR count). The van der Waals surface area contributed by atoms with Crippen LogP contribution in [0.25, 0.3) is 11.0 Å². The molecule has 0 unspecified atom stereocenters. The topological polar surface area (TPSA) is 76.3 Å². The minimum Gasteiger partial charge on any atom is -0.370 e. The summed E-state index contributed by atoms with van der Waals surface area (Å²) >= 11 is 0. The van der Waals surface area contributed by atoms with Crippen molar-refractivity contribution in [1.82, 2.24) is 9.13 Å². The Labute approximate surface area is 169 Å². The summed E-state index contributed by atoms with van der Waals surface area (Å²) in [6.07, 6.45) is 0.253. The quantitative estimate of drug-likeness (QED) is 0.651. The molecule has 0 fully saturated rings. The van der Waals surface area contributed by atoms with Crippen LogP contribution in [0, 0.1) is 0 Å². The summed E-state index contributed by atoms with van der Waals surface area (Å²) in [7, 11) is 3.16. The van der Waals surface area contributed by atoms with E-state index in [2.05, 4.69) is 10.2 Å². The lowest BCUT2D eigenvalue weighted by atomic mass is 10.1. The van der Waals surface area contributed by atoms with Crippen molar-refractivity contribution in [2.45, 2.75) is 20.3 Å². The zero-order chi connectivity index (χ0) is 21.1. The second-order valence-electron chi connectivity index (χ2n) is 6.97. The van der Waals surface area contributed by atoms with Gasteiger partial charge in [-0.3, -0.25) is 14.4 Å². The smallest absolute Gasteiger partial charge is 0.316 e. The number of hydrogen-bond donors (Lipinski definition) is 1. The van der Waals surface area contributed by atoms with Gasteiger partial charge in [-0.05, 0) is 31.5 Å². The molecule has 1 aromatic heterocycles. The van der Waals surface area contributed by atoms with Gasteiger partial charge in [0.25, 0.3) is 0 Å². The van der Waals surface area contributed by atoms with Crippen LogP contribution in [0.2, 0.25) is 0 Å². The molecule has 2 aromatic carbocycles. The van der Waals surface area contributed by atoms with Crippen molar-refractivity contribution in [1.29, 1.82) is 0 Å². The first-order valence-electron chi connectivity index (χ1n) is 9.69. The molecule has 0 bridgehead atoms. The Balaban J connectivity index is 2.13. The Morgan fingerprint density at radius 1 is 0.931 bits per heavy atom. The lowest BCUT2D eigenvalue weighted by molar-refractivity contribution is -0.115. The summed E-state index contributed by atoms with van der Waals surface area (Å²) in [6, 6.07) is 13.2. The maximum absolute atomic E-state index is 12.7. The third-order valence-electron chi connectivity index (χ3n) is 5.19. The average molecular weight is 394 g/mol. The number of nitrogens with zero attached hydrogens (tertiary/aromatic N) is 3. The molecule has 29 heavy (non-hydrogen) atoms. The summed E-state index contributed by atoms with van der Waals surface area (Å²) in [5.41, 5.74) is 2.41. The number of aryl methyl sites for hydroxylation is 2. The van der Waals surface area contributed by atoms with E-state index in [1.54, 1.807) is 20.2 Å². The molecule has 0 spiro atoms. The number of rotatable bonds is 6. The van der Waals surface area contributed by atoms with Gasteiger partial charge in [0.15, 0.2) is 0 Å². The van der Waals surface area contributed by atoms with E-state index < -0.39 is 11.1 Å². The monoisotopic (exact) mass is 394 g/mol. The van der Waals surface area contributed by atoms with Gasteiger partial charge in [-0.2, -0.15) is 0 Å². The van der Waals surface area contributed by atoms with E-state index in [4.69, 9.17) is 0 Å². The number of nitrogens with one attached hydrogen (secondary N) is 1. The highest BCUT2D eigenvalue weighted by Crippen LogP contribution is 2.30. The van der Waals surface area contributed by atoms with Crippen molar-refractivity contribution in [3.63, 3.8) is 0 Å². The molecule has 7 heteroatoms. The van der Waals surface area contributed by atoms with Crippen molar-refractivity contribution >= 4 is 28.3 Å². The molecule has 0 aliphatic rings. The van der Waals surface area contributed by atoms with E-state index in [0.29, 0.717) is 16.7 Å². The fourth-order valence-electron chi connectivity index (χ4n) is 3.51. The average Bonchev–Trinajstić information content (AvgIpc) is 2.72. The van der Waals surface area contributed by atoms with Gasteiger partial charge in [-0.1, -0.05) is 30.3 Å². The van der Waals surface area contributed by atoms with Crippen LogP contribution >= 0.6 is 0 Å². The highest BCUT2D eigenvalue weighted by Gasteiger charge is 2.17. The summed E-state index contributed by atoms with van der Waals surface area (Å²) < 4.78 is 2.69. The molecule has 0 aliphatic heterocycles. The molecule has 1 heterocycles. The number of hydrogen-bond acceptors (Lipinski definition) is 4. The second-order valence-corrected chi connectivity index (χ2v) is 6.97. The lowest BCUT2D eigenvalue weighted by Gasteiger charge is -2.25. The van der Waals surface area contributed by atoms with Gasteiger partial charge in [0.1, 0.15) is 0 Å². The first-order chi connectivity index (χ1) is 13.9. The van der Waals surface area contributed by atoms with Crippen LogP contribution in [0.15, 0.2) is 52.1 Å². The van der Waals surface area contributed by atoms with Crippen molar-refractivity contribution in [2.24, 2.45) is 14.1 Å². The zero-order valence-electron chi connectivity index (χ0n) is 17.2. The largest absolute Gasteiger partial charge is 0.370 e. The number of anilines is 2. The predicted molar refractivity (Wildman–Crippen MR) is 117 cm³/mol. The van der Waals surface area contributed by atoms with E-state index in [0.717, 1.165) is 24.3 Å². The van der Waals surface area contributed by atoms with Gasteiger partial charge in [0.2, 0.25) is 5.91 Å². The SMILES string of the molecule is CCN(CC)c1cc2c(cc1NC(=O)Cc1ccccc1)n(C)c(=O)c(=O)n2C. The Bertz CT molecular complexity index is 1160. The van der Waals surface area contributed by atoms with E-state index in [1.165, 1.54) is 9.13 Å². The number of amides is 1. The molecule has 152 valence electrons. The first kappa shape index (κ1) is 20.4. The molecule has 0 radical (unpaired) electrons. The van der Waals surface area contributed by atoms with Gasteiger partial charge in [-0.15, -0.1) is 0 Å². The molecule has 3 aromatic rings. The fraction of sp³-hybridized carbons (Fsp3) is 0.318. The Morgan fingerprint density at radius 3 is 2.03 bits per heavy atom. The fourth-order valence-corrected chi connectivity index (χ4v) is 3.51. The molecule has 1 N–H and O–H groups in total.